The summed E-state index contributed by atoms with van der Waals surface area (Å²) in [6.07, 6.45) is 1.07. The largest absolute Gasteiger partial charge is 0.508 e. The molecule has 0 aromatic heterocycles. The molecule has 4 nitrogen and oxygen atoms in total. The predicted molar refractivity (Wildman–Crippen MR) is 78.3 cm³/mol. The first-order chi connectivity index (χ1) is 9.65. The van der Waals surface area contributed by atoms with Gasteiger partial charge in [0.2, 0.25) is 0 Å². The van der Waals surface area contributed by atoms with Gasteiger partial charge in [0.25, 0.3) is 0 Å². The van der Waals surface area contributed by atoms with E-state index in [0.29, 0.717) is 12.1 Å². The van der Waals surface area contributed by atoms with Gasteiger partial charge in [-0.1, -0.05) is 0 Å². The number of benzene rings is 1. The molecule has 1 heterocycles. The summed E-state index contributed by atoms with van der Waals surface area (Å²) >= 11 is 0. The third kappa shape index (κ3) is 4.74. The first-order valence-corrected chi connectivity index (χ1v) is 7.24. The Hall–Kier alpha value is -1.17. The summed E-state index contributed by atoms with van der Waals surface area (Å²) in [5.74, 6) is -0.157. The quantitative estimate of drug-likeness (QED) is 0.770. The second-order valence-electron chi connectivity index (χ2n) is 5.45. The van der Waals surface area contributed by atoms with E-state index < -0.39 is 0 Å². The Bertz CT molecular complexity index is 420. The van der Waals surface area contributed by atoms with Crippen LogP contribution in [0.3, 0.4) is 0 Å². The maximum absolute atomic E-state index is 13.0. The topological polar surface area (TPSA) is 38.7 Å². The van der Waals surface area contributed by atoms with E-state index in [-0.39, 0.29) is 11.6 Å². The van der Waals surface area contributed by atoms with Crippen molar-refractivity contribution in [3.63, 3.8) is 0 Å². The van der Waals surface area contributed by atoms with E-state index in [0.717, 1.165) is 45.7 Å². The van der Waals surface area contributed by atoms with Crippen molar-refractivity contribution in [2.75, 3.05) is 46.3 Å². The lowest BCUT2D eigenvalue weighted by Gasteiger charge is -2.32. The molecule has 112 valence electrons. The van der Waals surface area contributed by atoms with Gasteiger partial charge in [0.1, 0.15) is 11.6 Å². The molecule has 2 N–H and O–H groups in total. The number of hydrogen-bond donors (Lipinski definition) is 2. The molecule has 0 amide bonds. The Morgan fingerprint density at radius 3 is 2.75 bits per heavy atom. The number of phenols is 1. The Labute approximate surface area is 120 Å². The molecule has 1 fully saturated rings. The van der Waals surface area contributed by atoms with Gasteiger partial charge in [0.15, 0.2) is 0 Å². The molecule has 0 aliphatic carbocycles. The fourth-order valence-corrected chi connectivity index (χ4v) is 2.42. The molecule has 0 saturated carbocycles. The van der Waals surface area contributed by atoms with E-state index in [1.807, 2.05) is 0 Å². The van der Waals surface area contributed by atoms with E-state index in [2.05, 4.69) is 22.2 Å². The van der Waals surface area contributed by atoms with Gasteiger partial charge in [0.05, 0.1) is 0 Å². The molecule has 5 heteroatoms. The highest BCUT2D eigenvalue weighted by Crippen LogP contribution is 2.17. The molecule has 1 aromatic carbocycles. The average Bonchev–Trinajstić information content (AvgIpc) is 2.44. The molecule has 1 aromatic rings. The van der Waals surface area contributed by atoms with E-state index in [4.69, 9.17) is 0 Å². The zero-order valence-electron chi connectivity index (χ0n) is 12.1. The van der Waals surface area contributed by atoms with Crippen LogP contribution in [0.2, 0.25) is 0 Å². The Morgan fingerprint density at radius 2 is 2.00 bits per heavy atom. The summed E-state index contributed by atoms with van der Waals surface area (Å²) in [5, 5.41) is 12.9. The van der Waals surface area contributed by atoms with Crippen molar-refractivity contribution >= 4 is 0 Å². The monoisotopic (exact) mass is 281 g/mol. The van der Waals surface area contributed by atoms with Crippen molar-refractivity contribution < 1.29 is 9.50 Å². The van der Waals surface area contributed by atoms with Crippen LogP contribution in [0.15, 0.2) is 18.2 Å². The normalized spacial score (nSPS) is 17.5. The fourth-order valence-electron chi connectivity index (χ4n) is 2.42. The van der Waals surface area contributed by atoms with E-state index in [1.54, 1.807) is 0 Å². The van der Waals surface area contributed by atoms with Crippen molar-refractivity contribution in [1.82, 2.24) is 15.1 Å². The minimum atomic E-state index is -0.308. The van der Waals surface area contributed by atoms with Crippen molar-refractivity contribution in [1.29, 1.82) is 0 Å². The van der Waals surface area contributed by atoms with Gasteiger partial charge in [0, 0.05) is 38.3 Å². The predicted octanol–water partition coefficient (Wildman–Crippen LogP) is 1.26. The standard InChI is InChI=1S/C15H24FN3O/c1-18-7-9-19(10-8-18)6-2-5-17-12-13-11-14(16)3-4-15(13)20/h3-4,11,17,20H,2,5-10,12H2,1H3. The van der Waals surface area contributed by atoms with Crippen LogP contribution >= 0.6 is 0 Å². The maximum atomic E-state index is 13.0. The lowest BCUT2D eigenvalue weighted by Crippen LogP contribution is -2.45. The minimum Gasteiger partial charge on any atom is -0.508 e. The molecule has 0 spiro atoms. The molecule has 0 radical (unpaired) electrons. The molecule has 1 aliphatic rings. The van der Waals surface area contributed by atoms with Crippen molar-refractivity contribution in [2.24, 2.45) is 0 Å². The zero-order chi connectivity index (χ0) is 14.4. The van der Waals surface area contributed by atoms with Gasteiger partial charge in [-0.3, -0.25) is 0 Å². The van der Waals surface area contributed by atoms with Gasteiger partial charge in [-0.25, -0.2) is 4.39 Å². The van der Waals surface area contributed by atoms with Crippen LogP contribution in [0.5, 0.6) is 5.75 Å². The molecule has 0 atom stereocenters. The van der Waals surface area contributed by atoms with Crippen LogP contribution in [0.4, 0.5) is 4.39 Å². The maximum Gasteiger partial charge on any atom is 0.123 e. The number of piperazine rings is 1. The van der Waals surface area contributed by atoms with Gasteiger partial charge in [-0.15, -0.1) is 0 Å². The number of aromatic hydroxyl groups is 1. The number of nitrogens with one attached hydrogen (secondary N) is 1. The van der Waals surface area contributed by atoms with Crippen LogP contribution in [-0.4, -0.2) is 61.2 Å². The second-order valence-corrected chi connectivity index (χ2v) is 5.45. The number of likely N-dealkylation sites (N-methyl/N-ethyl adjacent to an activating group) is 1. The molecule has 0 unspecified atom stereocenters. The molecule has 1 saturated heterocycles. The number of hydrogen-bond acceptors (Lipinski definition) is 4. The van der Waals surface area contributed by atoms with Crippen LogP contribution in [-0.2, 0) is 6.54 Å². The van der Waals surface area contributed by atoms with Crippen LogP contribution in [0.1, 0.15) is 12.0 Å². The molecule has 1 aliphatic heterocycles. The van der Waals surface area contributed by atoms with Gasteiger partial charge in [-0.05, 0) is 44.8 Å². The molecule has 0 bridgehead atoms. The first kappa shape index (κ1) is 15.2. The lowest BCUT2D eigenvalue weighted by atomic mass is 10.2. The zero-order valence-corrected chi connectivity index (χ0v) is 12.1. The smallest absolute Gasteiger partial charge is 0.123 e. The molecular formula is C15H24FN3O. The summed E-state index contributed by atoms with van der Waals surface area (Å²) in [6, 6.07) is 4.05. The summed E-state index contributed by atoms with van der Waals surface area (Å²) in [7, 11) is 2.16. The van der Waals surface area contributed by atoms with Crippen LogP contribution < -0.4 is 5.32 Å². The Morgan fingerprint density at radius 1 is 1.25 bits per heavy atom. The Balaban J connectivity index is 1.61. The Kier molecular flexibility index (Phi) is 5.76. The second kappa shape index (κ2) is 7.57. The number of nitrogens with zero attached hydrogens (tertiary/aromatic N) is 2. The summed E-state index contributed by atoms with van der Waals surface area (Å²) in [5.41, 5.74) is 0.615. The van der Waals surface area contributed by atoms with Crippen LogP contribution in [0, 0.1) is 5.82 Å². The van der Waals surface area contributed by atoms with E-state index in [9.17, 15) is 9.50 Å². The van der Waals surface area contributed by atoms with Gasteiger partial charge < -0.3 is 20.2 Å². The highest BCUT2D eigenvalue weighted by atomic mass is 19.1. The highest BCUT2D eigenvalue weighted by Gasteiger charge is 2.12. The summed E-state index contributed by atoms with van der Waals surface area (Å²) < 4.78 is 13.0. The first-order valence-electron chi connectivity index (χ1n) is 7.24. The average molecular weight is 281 g/mol. The third-order valence-corrected chi connectivity index (χ3v) is 3.78. The summed E-state index contributed by atoms with van der Waals surface area (Å²) in [4.78, 5) is 4.82. The van der Waals surface area contributed by atoms with E-state index >= 15 is 0 Å². The van der Waals surface area contributed by atoms with E-state index in [1.165, 1.54) is 18.2 Å². The summed E-state index contributed by atoms with van der Waals surface area (Å²) in [6.45, 7) is 7.04. The van der Waals surface area contributed by atoms with Crippen LogP contribution in [0.25, 0.3) is 0 Å². The number of halogens is 1. The molecular weight excluding hydrogens is 257 g/mol. The van der Waals surface area contributed by atoms with Crippen molar-refractivity contribution in [2.45, 2.75) is 13.0 Å². The minimum absolute atomic E-state index is 0.151. The lowest BCUT2D eigenvalue weighted by molar-refractivity contribution is 0.152. The highest BCUT2D eigenvalue weighted by molar-refractivity contribution is 5.32. The molecule has 20 heavy (non-hydrogen) atoms. The van der Waals surface area contributed by atoms with Gasteiger partial charge in [-0.2, -0.15) is 0 Å². The third-order valence-electron chi connectivity index (χ3n) is 3.78. The fraction of sp³-hybridized carbons (Fsp3) is 0.600. The number of phenolic OH excluding ortho intramolecular Hbond substituents is 1. The molecule has 2 rings (SSSR count). The number of rotatable bonds is 6. The van der Waals surface area contributed by atoms with Gasteiger partial charge >= 0.3 is 0 Å². The SMILES string of the molecule is CN1CCN(CCCNCc2cc(F)ccc2O)CC1. The van der Waals surface area contributed by atoms with Crippen molar-refractivity contribution in [3.8, 4) is 5.75 Å². The van der Waals surface area contributed by atoms with Crippen molar-refractivity contribution in [3.05, 3.63) is 29.6 Å².